The number of anilines is 1. The van der Waals surface area contributed by atoms with Gasteiger partial charge < -0.3 is 14.5 Å². The number of nitrogens with zero attached hydrogens (tertiary/aromatic N) is 2. The highest BCUT2D eigenvalue weighted by Gasteiger charge is 2.29. The molecule has 0 N–H and O–H groups in total. The van der Waals surface area contributed by atoms with E-state index in [1.54, 1.807) is 0 Å². The first kappa shape index (κ1) is 15.2. The summed E-state index contributed by atoms with van der Waals surface area (Å²) >= 11 is 0. The minimum atomic E-state index is 0.294. The van der Waals surface area contributed by atoms with Crippen molar-refractivity contribution in [2.45, 2.75) is 32.6 Å². The lowest BCUT2D eigenvalue weighted by atomic mass is 10.1. The molecule has 0 bridgehead atoms. The van der Waals surface area contributed by atoms with Gasteiger partial charge in [-0.05, 0) is 31.9 Å². The van der Waals surface area contributed by atoms with Crippen LogP contribution in [-0.4, -0.2) is 43.6 Å². The number of piperazine rings is 1. The smallest absolute Gasteiger partial charge is 0.225 e. The topological polar surface area (TPSA) is 32.8 Å². The third-order valence-corrected chi connectivity index (χ3v) is 4.80. The van der Waals surface area contributed by atoms with Gasteiger partial charge in [0.05, 0.1) is 12.3 Å². The fourth-order valence-corrected chi connectivity index (χ4v) is 3.59. The molecule has 1 aliphatic heterocycles. The summed E-state index contributed by atoms with van der Waals surface area (Å²) in [5, 5.41) is 0. The Hall–Kier alpha value is -1.71. The molecule has 1 saturated carbocycles. The molecule has 0 atom stereocenters. The quantitative estimate of drug-likeness (QED) is 0.857. The monoisotopic (exact) mass is 302 g/mol. The Morgan fingerprint density at radius 2 is 1.82 bits per heavy atom. The van der Waals surface area contributed by atoms with Gasteiger partial charge in [0.2, 0.25) is 5.91 Å². The van der Waals surface area contributed by atoms with E-state index >= 15 is 0 Å². The maximum absolute atomic E-state index is 12.5. The molecule has 1 amide bonds. The van der Waals surface area contributed by atoms with Crippen molar-refractivity contribution in [2.24, 2.45) is 5.92 Å². The molecule has 1 heterocycles. The molecule has 120 valence electrons. The largest absolute Gasteiger partial charge is 0.492 e. The maximum Gasteiger partial charge on any atom is 0.225 e. The van der Waals surface area contributed by atoms with Gasteiger partial charge in [0.15, 0.2) is 0 Å². The molecule has 1 saturated heterocycles. The predicted octanol–water partition coefficient (Wildman–Crippen LogP) is 2.92. The normalized spacial score (nSPS) is 19.5. The van der Waals surface area contributed by atoms with Gasteiger partial charge in [-0.1, -0.05) is 25.0 Å². The van der Waals surface area contributed by atoms with Crippen LogP contribution in [0.2, 0.25) is 0 Å². The van der Waals surface area contributed by atoms with Crippen molar-refractivity contribution >= 4 is 11.6 Å². The van der Waals surface area contributed by atoms with E-state index in [4.69, 9.17) is 4.74 Å². The number of benzene rings is 1. The lowest BCUT2D eigenvalue weighted by Gasteiger charge is -2.37. The zero-order valence-electron chi connectivity index (χ0n) is 13.5. The van der Waals surface area contributed by atoms with Gasteiger partial charge in [0.25, 0.3) is 0 Å². The van der Waals surface area contributed by atoms with Crippen LogP contribution in [0.5, 0.6) is 5.75 Å². The van der Waals surface area contributed by atoms with Gasteiger partial charge >= 0.3 is 0 Å². The summed E-state index contributed by atoms with van der Waals surface area (Å²) in [5.41, 5.74) is 1.15. The Labute approximate surface area is 133 Å². The molecule has 4 heteroatoms. The predicted molar refractivity (Wildman–Crippen MR) is 88.4 cm³/mol. The number of carbonyl (C=O) groups is 1. The number of carbonyl (C=O) groups excluding carboxylic acids is 1. The fraction of sp³-hybridized carbons (Fsp3) is 0.611. The summed E-state index contributed by atoms with van der Waals surface area (Å²) in [6, 6.07) is 8.19. The first-order chi connectivity index (χ1) is 10.8. The van der Waals surface area contributed by atoms with Crippen LogP contribution in [0.3, 0.4) is 0 Å². The lowest BCUT2D eigenvalue weighted by molar-refractivity contribution is -0.135. The zero-order chi connectivity index (χ0) is 15.4. The van der Waals surface area contributed by atoms with Crippen LogP contribution in [0.15, 0.2) is 24.3 Å². The van der Waals surface area contributed by atoms with Crippen LogP contribution in [0, 0.1) is 5.92 Å². The van der Waals surface area contributed by atoms with Crippen LogP contribution >= 0.6 is 0 Å². The molecule has 0 aromatic heterocycles. The SMILES string of the molecule is CCOc1ccccc1N1CCN(C(=O)C2CCCC2)CC1. The Bertz CT molecular complexity index is 504. The second kappa shape index (κ2) is 7.03. The van der Waals surface area contributed by atoms with Gasteiger partial charge in [-0.25, -0.2) is 0 Å². The van der Waals surface area contributed by atoms with Crippen LogP contribution in [0.1, 0.15) is 32.6 Å². The first-order valence-electron chi connectivity index (χ1n) is 8.55. The molecular formula is C18H26N2O2. The van der Waals surface area contributed by atoms with E-state index in [9.17, 15) is 4.79 Å². The Kier molecular flexibility index (Phi) is 4.86. The zero-order valence-corrected chi connectivity index (χ0v) is 13.5. The second-order valence-corrected chi connectivity index (χ2v) is 6.19. The van der Waals surface area contributed by atoms with E-state index in [0.717, 1.165) is 50.5 Å². The fourth-order valence-electron chi connectivity index (χ4n) is 3.59. The summed E-state index contributed by atoms with van der Waals surface area (Å²) in [5.74, 6) is 1.62. The van der Waals surface area contributed by atoms with E-state index in [0.29, 0.717) is 18.4 Å². The van der Waals surface area contributed by atoms with Gasteiger partial charge in [-0.2, -0.15) is 0 Å². The van der Waals surface area contributed by atoms with Crippen molar-refractivity contribution in [3.8, 4) is 5.75 Å². The molecule has 0 unspecified atom stereocenters. The molecule has 1 aromatic carbocycles. The van der Waals surface area contributed by atoms with Gasteiger partial charge in [0.1, 0.15) is 5.75 Å². The lowest BCUT2D eigenvalue weighted by Crippen LogP contribution is -2.50. The number of rotatable bonds is 4. The maximum atomic E-state index is 12.5. The Morgan fingerprint density at radius 3 is 2.50 bits per heavy atom. The minimum Gasteiger partial charge on any atom is -0.492 e. The van der Waals surface area contributed by atoms with E-state index in [1.807, 2.05) is 25.1 Å². The van der Waals surface area contributed by atoms with Gasteiger partial charge in [-0.15, -0.1) is 0 Å². The Morgan fingerprint density at radius 1 is 1.14 bits per heavy atom. The minimum absolute atomic E-state index is 0.294. The summed E-state index contributed by atoms with van der Waals surface area (Å²) in [6.07, 6.45) is 4.62. The number of hydrogen-bond acceptors (Lipinski definition) is 3. The summed E-state index contributed by atoms with van der Waals surface area (Å²) in [4.78, 5) is 16.9. The highest BCUT2D eigenvalue weighted by Crippen LogP contribution is 2.30. The molecule has 1 aliphatic carbocycles. The van der Waals surface area contributed by atoms with Gasteiger partial charge in [0, 0.05) is 32.1 Å². The van der Waals surface area contributed by atoms with E-state index in [1.165, 1.54) is 12.8 Å². The molecule has 2 fully saturated rings. The number of para-hydroxylation sites is 2. The van der Waals surface area contributed by atoms with Crippen molar-refractivity contribution in [2.75, 3.05) is 37.7 Å². The number of hydrogen-bond donors (Lipinski definition) is 0. The molecule has 3 rings (SSSR count). The van der Waals surface area contributed by atoms with Crippen LogP contribution in [0.25, 0.3) is 0 Å². The highest BCUT2D eigenvalue weighted by molar-refractivity contribution is 5.79. The number of ether oxygens (including phenoxy) is 1. The summed E-state index contributed by atoms with van der Waals surface area (Å²) < 4.78 is 5.72. The average molecular weight is 302 g/mol. The summed E-state index contributed by atoms with van der Waals surface area (Å²) in [6.45, 7) is 6.13. The average Bonchev–Trinajstić information content (AvgIpc) is 3.10. The molecule has 0 radical (unpaired) electrons. The highest BCUT2D eigenvalue weighted by atomic mass is 16.5. The van der Waals surface area contributed by atoms with E-state index in [2.05, 4.69) is 15.9 Å². The van der Waals surface area contributed by atoms with Crippen molar-refractivity contribution < 1.29 is 9.53 Å². The standard InChI is InChI=1S/C18H26N2O2/c1-2-22-17-10-6-5-9-16(17)19-11-13-20(14-12-19)18(21)15-7-3-4-8-15/h5-6,9-10,15H,2-4,7-8,11-14H2,1H3. The third-order valence-electron chi connectivity index (χ3n) is 4.80. The second-order valence-electron chi connectivity index (χ2n) is 6.19. The molecule has 22 heavy (non-hydrogen) atoms. The van der Waals surface area contributed by atoms with Crippen LogP contribution < -0.4 is 9.64 Å². The third kappa shape index (κ3) is 3.21. The van der Waals surface area contributed by atoms with Crippen molar-refractivity contribution in [1.29, 1.82) is 0 Å². The first-order valence-corrected chi connectivity index (χ1v) is 8.55. The molecule has 4 nitrogen and oxygen atoms in total. The molecular weight excluding hydrogens is 276 g/mol. The van der Waals surface area contributed by atoms with Crippen molar-refractivity contribution in [3.63, 3.8) is 0 Å². The number of amides is 1. The van der Waals surface area contributed by atoms with Crippen LogP contribution in [-0.2, 0) is 4.79 Å². The summed E-state index contributed by atoms with van der Waals surface area (Å²) in [7, 11) is 0. The molecule has 1 aromatic rings. The Balaban J connectivity index is 1.60. The van der Waals surface area contributed by atoms with Gasteiger partial charge in [-0.3, -0.25) is 4.79 Å². The van der Waals surface area contributed by atoms with E-state index < -0.39 is 0 Å². The van der Waals surface area contributed by atoms with E-state index in [-0.39, 0.29) is 0 Å². The molecule has 0 spiro atoms. The molecule has 2 aliphatic rings. The van der Waals surface area contributed by atoms with Crippen molar-refractivity contribution in [3.05, 3.63) is 24.3 Å². The van der Waals surface area contributed by atoms with Crippen LogP contribution in [0.4, 0.5) is 5.69 Å². The van der Waals surface area contributed by atoms with Crippen molar-refractivity contribution in [1.82, 2.24) is 4.90 Å².